The standard InChI is InChI=1S/C4H6F12O5S4/c5-22(17,18)3(24(7,8,9,10)11)1-21-2-4(23(6,19)20)25(12,13,14,15)16/h3-4H,1-2H2. The molecule has 0 aromatic heterocycles. The predicted octanol–water partition coefficient (Wildman–Crippen LogP) is 4.85. The highest BCUT2D eigenvalue weighted by molar-refractivity contribution is 8.50. The van der Waals surface area contributed by atoms with Crippen molar-refractivity contribution < 1.29 is 68.2 Å². The van der Waals surface area contributed by atoms with Gasteiger partial charge in [0.25, 0.3) is 9.16 Å². The van der Waals surface area contributed by atoms with Crippen LogP contribution in [0.5, 0.6) is 0 Å². The molecule has 160 valence electrons. The monoisotopic (exact) mass is 490 g/mol. The van der Waals surface area contributed by atoms with Gasteiger partial charge in [0.1, 0.15) is 0 Å². The molecule has 0 aromatic rings. The van der Waals surface area contributed by atoms with E-state index in [1.807, 2.05) is 0 Å². The van der Waals surface area contributed by atoms with Gasteiger partial charge in [-0.05, 0) is 0 Å². The van der Waals surface area contributed by atoms with Crippen molar-refractivity contribution in [3.8, 4) is 0 Å². The fraction of sp³-hybridized carbons (Fsp3) is 1.00. The highest BCUT2D eigenvalue weighted by atomic mass is 32.5. The van der Waals surface area contributed by atoms with Crippen LogP contribution in [0, 0.1) is 0 Å². The number of hydrogen-bond acceptors (Lipinski definition) is 5. The summed E-state index contributed by atoms with van der Waals surface area (Å²) in [7, 11) is -37.2. The SMILES string of the molecule is O=S(=O)(F)C(COCC(S(=O)(=O)F)S(F)(F)(F)(F)F)S(F)(F)(F)(F)F. The predicted molar refractivity (Wildman–Crippen MR) is 64.7 cm³/mol. The fourth-order valence-corrected chi connectivity index (χ4v) is 5.81. The largest absolute Gasteiger partial charge is 0.376 e. The van der Waals surface area contributed by atoms with Crippen LogP contribution in [-0.4, -0.2) is 39.2 Å². The van der Waals surface area contributed by atoms with Crippen LogP contribution in [0.1, 0.15) is 0 Å². The second kappa shape index (κ2) is 4.76. The Balaban J connectivity index is 5.79. The van der Waals surface area contributed by atoms with Gasteiger partial charge in [0.2, 0.25) is 0 Å². The molecule has 0 aliphatic heterocycles. The van der Waals surface area contributed by atoms with E-state index in [-0.39, 0.29) is 0 Å². The second-order valence-electron chi connectivity index (χ2n) is 4.41. The summed E-state index contributed by atoms with van der Waals surface area (Å²) in [5, 5.41) is 0. The van der Waals surface area contributed by atoms with Crippen LogP contribution in [0.4, 0.5) is 46.6 Å². The van der Waals surface area contributed by atoms with Crippen LogP contribution in [0.15, 0.2) is 0 Å². The molecule has 0 bridgehead atoms. The maximum absolute atomic E-state index is 12.3. The van der Waals surface area contributed by atoms with E-state index in [1.54, 1.807) is 0 Å². The molecule has 21 heteroatoms. The van der Waals surface area contributed by atoms with E-state index in [4.69, 9.17) is 0 Å². The highest BCUT2D eigenvalue weighted by Gasteiger charge is 2.77. The van der Waals surface area contributed by atoms with Crippen LogP contribution in [0.25, 0.3) is 0 Å². The first-order chi connectivity index (χ1) is 9.95. The lowest BCUT2D eigenvalue weighted by atomic mass is 10.8. The van der Waals surface area contributed by atoms with E-state index >= 15 is 0 Å². The lowest BCUT2D eigenvalue weighted by Gasteiger charge is -2.45. The Labute approximate surface area is 132 Å². The summed E-state index contributed by atoms with van der Waals surface area (Å²) in [6, 6.07) is 0. The zero-order valence-corrected chi connectivity index (χ0v) is 14.0. The molecule has 0 saturated carbocycles. The Bertz CT molecular complexity index is 679. The lowest BCUT2D eigenvalue weighted by Crippen LogP contribution is -2.39. The molecule has 0 aliphatic rings. The molecule has 0 spiro atoms. The van der Waals surface area contributed by atoms with Gasteiger partial charge in [0.15, 0.2) is 0 Å². The zero-order valence-electron chi connectivity index (χ0n) is 10.8. The topological polar surface area (TPSA) is 77.5 Å². The molecule has 0 rings (SSSR count). The third-order valence-electron chi connectivity index (χ3n) is 2.13. The van der Waals surface area contributed by atoms with Crippen molar-refractivity contribution in [3.05, 3.63) is 0 Å². The van der Waals surface area contributed by atoms with Gasteiger partial charge in [0, 0.05) is 0 Å². The number of halogens is 12. The van der Waals surface area contributed by atoms with Crippen molar-refractivity contribution in [3.63, 3.8) is 0 Å². The molecule has 0 radical (unpaired) electrons. The van der Waals surface area contributed by atoms with E-state index in [0.717, 1.165) is 0 Å². The molecule has 0 aliphatic carbocycles. The summed E-state index contributed by atoms with van der Waals surface area (Å²) in [5.74, 6) is 0. The molecule has 2 unspecified atom stereocenters. The highest BCUT2D eigenvalue weighted by Crippen LogP contribution is 3.01. The minimum Gasteiger partial charge on any atom is -0.376 e. The van der Waals surface area contributed by atoms with E-state index in [1.165, 1.54) is 0 Å². The van der Waals surface area contributed by atoms with Crippen LogP contribution in [0.3, 0.4) is 0 Å². The van der Waals surface area contributed by atoms with Crippen molar-refractivity contribution in [2.75, 3.05) is 13.2 Å². The maximum Gasteiger partial charge on any atom is 0.326 e. The Morgan fingerprint density at radius 2 is 0.800 bits per heavy atom. The van der Waals surface area contributed by atoms with Crippen molar-refractivity contribution in [2.45, 2.75) is 9.16 Å². The van der Waals surface area contributed by atoms with Crippen molar-refractivity contribution in [2.24, 2.45) is 0 Å². The average molecular weight is 490 g/mol. The maximum atomic E-state index is 12.3. The van der Waals surface area contributed by atoms with Gasteiger partial charge in [-0.15, -0.1) is 7.77 Å². The summed E-state index contributed by atoms with van der Waals surface area (Å²) in [6.45, 7) is -6.48. The van der Waals surface area contributed by atoms with Crippen LogP contribution in [-0.2, 0) is 25.2 Å². The van der Waals surface area contributed by atoms with Crippen molar-refractivity contribution in [1.82, 2.24) is 0 Å². The first-order valence-electron chi connectivity index (χ1n) is 4.85. The molecule has 0 fully saturated rings. The molecular weight excluding hydrogens is 484 g/mol. The normalized spacial score (nSPS) is 22.9. The Morgan fingerprint density at radius 3 is 0.920 bits per heavy atom. The van der Waals surface area contributed by atoms with Crippen molar-refractivity contribution in [1.29, 1.82) is 0 Å². The number of ether oxygens (including phenoxy) is 1. The molecule has 25 heavy (non-hydrogen) atoms. The Kier molecular flexibility index (Phi) is 4.71. The van der Waals surface area contributed by atoms with Gasteiger partial charge in [-0.2, -0.15) is 16.8 Å². The van der Waals surface area contributed by atoms with Crippen LogP contribution >= 0.6 is 20.4 Å². The van der Waals surface area contributed by atoms with Crippen LogP contribution < -0.4 is 0 Å². The van der Waals surface area contributed by atoms with Gasteiger partial charge >= 0.3 is 40.9 Å². The minimum atomic E-state index is -11.3. The lowest BCUT2D eigenvalue weighted by molar-refractivity contribution is 0.137. The number of hydrogen-bond donors (Lipinski definition) is 0. The smallest absolute Gasteiger partial charge is 0.326 e. The van der Waals surface area contributed by atoms with Gasteiger partial charge in [0.05, 0.1) is 13.2 Å². The van der Waals surface area contributed by atoms with E-state index in [0.29, 0.717) is 0 Å². The number of rotatable bonds is 8. The molecule has 0 saturated heterocycles. The average Bonchev–Trinajstić information content (AvgIpc) is 2.02. The minimum absolute atomic E-state index is 2.95. The molecule has 5 nitrogen and oxygen atoms in total. The first-order valence-corrected chi connectivity index (χ1v) is 11.8. The van der Waals surface area contributed by atoms with E-state index in [2.05, 4.69) is 4.74 Å². The summed E-state index contributed by atoms with van der Waals surface area (Å²) < 4.78 is 180. The van der Waals surface area contributed by atoms with Crippen LogP contribution in [0.2, 0.25) is 0 Å². The van der Waals surface area contributed by atoms with Gasteiger partial charge in [-0.25, -0.2) is 0 Å². The summed E-state index contributed by atoms with van der Waals surface area (Å²) >= 11 is 0. The summed E-state index contributed by atoms with van der Waals surface area (Å²) in [4.78, 5) is 0. The van der Waals surface area contributed by atoms with Crippen molar-refractivity contribution >= 4 is 40.9 Å². The van der Waals surface area contributed by atoms with E-state index in [9.17, 15) is 63.5 Å². The Hall–Kier alpha value is -0.280. The first kappa shape index (κ1) is 24.7. The third-order valence-corrected chi connectivity index (χ3v) is 9.48. The van der Waals surface area contributed by atoms with Gasteiger partial charge < -0.3 is 4.74 Å². The summed E-state index contributed by atoms with van der Waals surface area (Å²) in [6.07, 6.45) is 0. The molecule has 2 atom stereocenters. The second-order valence-corrected chi connectivity index (χ2v) is 13.3. The van der Waals surface area contributed by atoms with E-state index < -0.39 is 63.3 Å². The third kappa shape index (κ3) is 7.86. The zero-order chi connectivity index (χ0) is 21.1. The summed E-state index contributed by atoms with van der Waals surface area (Å²) in [5.41, 5.74) is 0. The van der Waals surface area contributed by atoms with Gasteiger partial charge in [-0.1, -0.05) is 38.9 Å². The molecule has 0 aromatic carbocycles. The molecule has 0 N–H and O–H groups in total. The molecule has 0 heterocycles. The fourth-order valence-electron chi connectivity index (χ4n) is 1.11. The Morgan fingerprint density at radius 1 is 0.600 bits per heavy atom. The van der Waals surface area contributed by atoms with Gasteiger partial charge in [-0.3, -0.25) is 0 Å². The molecular formula is C4H6F12O5S4. The quantitative estimate of drug-likeness (QED) is 0.359. The molecule has 0 amide bonds.